The van der Waals surface area contributed by atoms with Crippen molar-refractivity contribution in [3.8, 4) is 0 Å². The molecule has 4 aliphatic rings. The largest absolute Gasteiger partial charge is 0.342 e. The average molecular weight is 719 g/mol. The van der Waals surface area contributed by atoms with Crippen molar-refractivity contribution in [1.82, 2.24) is 20.9 Å². The molecule has 0 bridgehead atoms. The first kappa shape index (κ1) is 40.0. The molecule has 4 fully saturated rings. The number of nitrogens with zero attached hydrogens (tertiary/aromatic N) is 1. The first-order valence-electron chi connectivity index (χ1n) is 18.9. The second-order valence-electron chi connectivity index (χ2n) is 17.5. The Bertz CT molecular complexity index is 1400. The van der Waals surface area contributed by atoms with E-state index in [9.17, 15) is 32.4 Å². The van der Waals surface area contributed by atoms with Crippen LogP contribution in [0.1, 0.15) is 138 Å². The highest BCUT2D eigenvalue weighted by Gasteiger charge is 2.50. The van der Waals surface area contributed by atoms with Crippen LogP contribution in [-0.4, -0.2) is 83.9 Å². The predicted molar refractivity (Wildman–Crippen MR) is 194 cm³/mol. The highest BCUT2D eigenvalue weighted by molar-refractivity contribution is 7.92. The Hall–Kier alpha value is -2.76. The topological polar surface area (TPSA) is 159 Å². The summed E-state index contributed by atoms with van der Waals surface area (Å²) in [7, 11) is -3.56. The molecule has 12 heteroatoms. The van der Waals surface area contributed by atoms with Crippen LogP contribution < -0.4 is 16.0 Å². The molecule has 0 aromatic carbocycles. The third kappa shape index (κ3) is 9.76. The van der Waals surface area contributed by atoms with Crippen molar-refractivity contribution in [2.75, 3.05) is 12.3 Å². The number of urea groups is 1. The van der Waals surface area contributed by atoms with Crippen LogP contribution in [0.15, 0.2) is 11.6 Å². The quantitative estimate of drug-likeness (QED) is 0.165. The van der Waals surface area contributed by atoms with Crippen molar-refractivity contribution >= 4 is 40.3 Å². The molecule has 3 N–H and O–H groups in total. The average Bonchev–Trinajstić information content (AvgIpc) is 3.74. The van der Waals surface area contributed by atoms with Crippen molar-refractivity contribution in [2.45, 2.75) is 166 Å². The van der Waals surface area contributed by atoms with Crippen molar-refractivity contribution in [3.05, 3.63) is 11.6 Å². The van der Waals surface area contributed by atoms with E-state index in [1.807, 2.05) is 20.8 Å². The number of hydrogen-bond acceptors (Lipinski definition) is 7. The molecule has 0 radical (unpaired) electrons. The number of hydrogen-bond donors (Lipinski definition) is 3. The molecule has 1 saturated heterocycles. The van der Waals surface area contributed by atoms with Gasteiger partial charge in [0.05, 0.1) is 16.0 Å². The van der Waals surface area contributed by atoms with E-state index in [4.69, 9.17) is 0 Å². The zero-order chi connectivity index (χ0) is 37.0. The van der Waals surface area contributed by atoms with Crippen LogP contribution in [0.5, 0.6) is 0 Å². The summed E-state index contributed by atoms with van der Waals surface area (Å²) in [6.07, 6.45) is 13.7. The van der Waals surface area contributed by atoms with E-state index in [-0.39, 0.29) is 36.5 Å². The van der Waals surface area contributed by atoms with Crippen LogP contribution in [0.4, 0.5) is 4.79 Å². The smallest absolute Gasteiger partial charge is 0.315 e. The molecule has 0 spiro atoms. The number of nitrogens with one attached hydrogen (secondary N) is 3. The lowest BCUT2D eigenvalue weighted by atomic mass is 9.70. The first-order chi connectivity index (χ1) is 23.4. The van der Waals surface area contributed by atoms with Crippen molar-refractivity contribution in [2.24, 2.45) is 17.3 Å². The van der Waals surface area contributed by atoms with Gasteiger partial charge < -0.3 is 30.4 Å². The molecule has 3 saturated carbocycles. The summed E-state index contributed by atoms with van der Waals surface area (Å²) in [5.41, 5.74) is -1.80. The Labute approximate surface area is 299 Å². The van der Waals surface area contributed by atoms with Crippen LogP contribution in [0.25, 0.3) is 0 Å². The van der Waals surface area contributed by atoms with Gasteiger partial charge in [0.1, 0.15) is 30.2 Å². The molecule has 0 aromatic rings. The third-order valence-corrected chi connectivity index (χ3v) is 14.5. The van der Waals surface area contributed by atoms with Gasteiger partial charge in [-0.1, -0.05) is 69.9 Å². The zero-order valence-corrected chi connectivity index (χ0v) is 32.1. The lowest BCUT2D eigenvalue weighted by Crippen LogP contribution is -2.64. The van der Waals surface area contributed by atoms with Crippen LogP contribution in [0, 0.1) is 17.3 Å². The molecule has 1 heterocycles. The second kappa shape index (κ2) is 15.9. The third-order valence-electron chi connectivity index (χ3n) is 11.7. The van der Waals surface area contributed by atoms with Gasteiger partial charge in [-0.2, -0.15) is 0 Å². The minimum absolute atomic E-state index is 0.110. The maximum atomic E-state index is 14.9. The monoisotopic (exact) mass is 718 g/mol. The van der Waals surface area contributed by atoms with Crippen LogP contribution in [0.2, 0.25) is 0 Å². The Balaban J connectivity index is 1.64. The van der Waals surface area contributed by atoms with Gasteiger partial charge in [0.15, 0.2) is 9.84 Å². The molecule has 4 amide bonds. The Morgan fingerprint density at radius 3 is 2.06 bits per heavy atom. The van der Waals surface area contributed by atoms with Crippen molar-refractivity contribution in [1.29, 1.82) is 0 Å². The highest BCUT2D eigenvalue weighted by Crippen LogP contribution is 2.42. The predicted octanol–water partition coefficient (Wildman–Crippen LogP) is 5.17. The minimum Gasteiger partial charge on any atom is -0.342 e. The zero-order valence-electron chi connectivity index (χ0n) is 31.3. The SMILES string of the molecule is CC(C)=C[C@@H]1C[C@@H](C(=O)NC(C=O)(CC=O)CC2CC2)N(C(=O)[C@@H](NC(=O)NC2(CS(=O)(=O)C(C)(C)C)CCCCC2)C2(C)CCCCC2)C1. The van der Waals surface area contributed by atoms with Crippen LogP contribution >= 0.6 is 0 Å². The number of sulfone groups is 1. The fraction of sp³-hybridized carbons (Fsp3) is 0.816. The van der Waals surface area contributed by atoms with Crippen LogP contribution in [-0.2, 0) is 29.0 Å². The van der Waals surface area contributed by atoms with Gasteiger partial charge in [-0.05, 0) is 90.4 Å². The Morgan fingerprint density at radius 2 is 1.54 bits per heavy atom. The van der Waals surface area contributed by atoms with Gasteiger partial charge in [-0.3, -0.25) is 9.59 Å². The molecule has 4 rings (SSSR count). The fourth-order valence-electron chi connectivity index (χ4n) is 8.45. The molecular weight excluding hydrogens is 657 g/mol. The summed E-state index contributed by atoms with van der Waals surface area (Å²) in [5.74, 6) is -0.844. The molecule has 1 unspecified atom stereocenters. The molecule has 50 heavy (non-hydrogen) atoms. The summed E-state index contributed by atoms with van der Waals surface area (Å²) in [5, 5.41) is 9.03. The Morgan fingerprint density at radius 1 is 0.940 bits per heavy atom. The summed E-state index contributed by atoms with van der Waals surface area (Å²) >= 11 is 0. The summed E-state index contributed by atoms with van der Waals surface area (Å²) in [4.78, 5) is 68.7. The number of amides is 4. The van der Waals surface area contributed by atoms with E-state index >= 15 is 0 Å². The lowest BCUT2D eigenvalue weighted by Gasteiger charge is -2.44. The van der Waals surface area contributed by atoms with E-state index in [0.29, 0.717) is 51.1 Å². The van der Waals surface area contributed by atoms with Gasteiger partial charge in [0.2, 0.25) is 11.8 Å². The van der Waals surface area contributed by atoms with Gasteiger partial charge in [-0.15, -0.1) is 0 Å². The maximum absolute atomic E-state index is 14.9. The molecule has 0 aromatic heterocycles. The molecule has 1 aliphatic heterocycles. The molecule has 3 aliphatic carbocycles. The van der Waals surface area contributed by atoms with Crippen molar-refractivity contribution in [3.63, 3.8) is 0 Å². The van der Waals surface area contributed by atoms with Gasteiger partial charge >= 0.3 is 6.03 Å². The second-order valence-corrected chi connectivity index (χ2v) is 20.2. The standard InChI is InChI=1S/C38H62N4O7S/c1-27(2)21-29-22-30(32(45)40-38(25-44,19-20-43)23-28-13-14-28)42(24-29)33(46)31(36(6)15-9-7-10-16-36)39-34(47)41-37(17-11-8-12-18-37)26-50(48,49)35(3,4)5/h20-21,25,28-31H,7-19,22-24,26H2,1-6H3,(H,40,45)(H2,39,41,47)/t29-,30+,31-,38?/m1/s1. The fourth-order valence-corrected chi connectivity index (χ4v) is 9.97. The normalized spacial score (nSPS) is 25.4. The van der Waals surface area contributed by atoms with Crippen LogP contribution in [0.3, 0.4) is 0 Å². The van der Waals surface area contributed by atoms with E-state index in [0.717, 1.165) is 56.9 Å². The molecule has 11 nitrogen and oxygen atoms in total. The van der Waals surface area contributed by atoms with E-state index in [2.05, 4.69) is 22.0 Å². The summed E-state index contributed by atoms with van der Waals surface area (Å²) in [6, 6.07) is -2.42. The van der Waals surface area contributed by atoms with E-state index in [1.165, 1.54) is 0 Å². The lowest BCUT2D eigenvalue weighted by molar-refractivity contribution is -0.144. The van der Waals surface area contributed by atoms with Gasteiger partial charge in [0, 0.05) is 13.0 Å². The molecule has 4 atom stereocenters. The number of likely N-dealkylation sites (tertiary alicyclic amines) is 1. The first-order valence-corrected chi connectivity index (χ1v) is 20.5. The van der Waals surface area contributed by atoms with E-state index < -0.39 is 55.1 Å². The summed E-state index contributed by atoms with van der Waals surface area (Å²) < 4.78 is 25.9. The van der Waals surface area contributed by atoms with Crippen molar-refractivity contribution < 1.29 is 32.4 Å². The molecular formula is C38H62N4O7S. The number of carbonyl (C=O) groups excluding carboxylic acids is 5. The number of rotatable bonds is 14. The molecule has 282 valence electrons. The number of carbonyl (C=O) groups is 5. The summed E-state index contributed by atoms with van der Waals surface area (Å²) in [6.45, 7) is 11.2. The number of aldehydes is 2. The Kier molecular flexibility index (Phi) is 12.7. The minimum atomic E-state index is -3.56. The number of allylic oxidation sites excluding steroid dienone is 1. The highest BCUT2D eigenvalue weighted by atomic mass is 32.2. The van der Waals surface area contributed by atoms with Gasteiger partial charge in [0.25, 0.3) is 0 Å². The van der Waals surface area contributed by atoms with Gasteiger partial charge in [-0.25, -0.2) is 13.2 Å². The maximum Gasteiger partial charge on any atom is 0.315 e. The van der Waals surface area contributed by atoms with E-state index in [1.54, 1.807) is 25.7 Å².